The van der Waals surface area contributed by atoms with E-state index in [4.69, 9.17) is 5.11 Å². The van der Waals surface area contributed by atoms with Gasteiger partial charge in [0.1, 0.15) is 11.5 Å². The summed E-state index contributed by atoms with van der Waals surface area (Å²) in [6, 6.07) is 5.27. The highest BCUT2D eigenvalue weighted by Gasteiger charge is 2.14. The van der Waals surface area contributed by atoms with Gasteiger partial charge in [-0.15, -0.1) is 11.3 Å². The smallest absolute Gasteiger partial charge is 0.242 e. The molecule has 2 heterocycles. The first kappa shape index (κ1) is 15.7. The van der Waals surface area contributed by atoms with Crippen LogP contribution < -0.4 is 4.72 Å². The van der Waals surface area contributed by atoms with Crippen LogP contribution in [0.4, 0.5) is 0 Å². The summed E-state index contributed by atoms with van der Waals surface area (Å²) < 4.78 is 26.9. The number of sulfonamides is 1. The van der Waals surface area contributed by atoms with Gasteiger partial charge in [0.05, 0.1) is 0 Å². The van der Waals surface area contributed by atoms with Gasteiger partial charge in [0.25, 0.3) is 0 Å². The fourth-order valence-electron chi connectivity index (χ4n) is 1.61. The van der Waals surface area contributed by atoms with Crippen LogP contribution >= 0.6 is 11.3 Å². The number of rotatable bonds is 4. The zero-order valence-corrected chi connectivity index (χ0v) is 13.0. The molecule has 0 fully saturated rings. The maximum absolute atomic E-state index is 12.2. The van der Waals surface area contributed by atoms with Gasteiger partial charge in [0, 0.05) is 34.3 Å². The van der Waals surface area contributed by atoms with Crippen LogP contribution in [0.15, 0.2) is 35.5 Å². The molecule has 0 bridgehead atoms. The molecule has 0 aliphatic heterocycles. The number of aliphatic hydroxyl groups excluding tert-OH is 1. The molecule has 2 aromatic heterocycles. The lowest BCUT2D eigenvalue weighted by atomic mass is 10.3. The Bertz CT molecular complexity index is 786. The third kappa shape index (κ3) is 4.37. The number of nitrogens with zero attached hydrogens (tertiary/aromatic N) is 1. The summed E-state index contributed by atoms with van der Waals surface area (Å²) in [6.45, 7) is 1.93. The lowest BCUT2D eigenvalue weighted by molar-refractivity contribution is 0.350. The zero-order valence-electron chi connectivity index (χ0n) is 11.3. The molecule has 2 aromatic rings. The molecule has 110 valence electrons. The predicted octanol–water partition coefficient (Wildman–Crippen LogP) is 1.27. The first-order valence-electron chi connectivity index (χ1n) is 6.11. The number of aliphatic hydroxyl groups is 1. The standard InChI is InChI=1S/C14H14N2O3S2/c1-11-4-5-13(20-11)9-16-21(18,19)14-7-12(3-2-6-17)8-15-10-14/h4-5,7-8,10,16-17H,6,9H2,1H3. The maximum atomic E-state index is 12.2. The highest BCUT2D eigenvalue weighted by Crippen LogP contribution is 2.16. The fraction of sp³-hybridized carbons (Fsp3) is 0.214. The van der Waals surface area contributed by atoms with Crippen molar-refractivity contribution in [2.24, 2.45) is 0 Å². The molecule has 2 N–H and O–H groups in total. The first-order valence-corrected chi connectivity index (χ1v) is 8.41. The van der Waals surface area contributed by atoms with Gasteiger partial charge in [-0.2, -0.15) is 0 Å². The molecule has 7 heteroatoms. The van der Waals surface area contributed by atoms with E-state index in [-0.39, 0.29) is 18.0 Å². The van der Waals surface area contributed by atoms with E-state index in [0.29, 0.717) is 5.56 Å². The molecule has 0 amide bonds. The minimum absolute atomic E-state index is 0.0560. The van der Waals surface area contributed by atoms with Crippen molar-refractivity contribution >= 4 is 21.4 Å². The Balaban J connectivity index is 2.15. The molecule has 0 saturated carbocycles. The second-order valence-corrected chi connectivity index (χ2v) is 7.35. The van der Waals surface area contributed by atoms with Crippen LogP contribution in [0, 0.1) is 18.8 Å². The third-order valence-electron chi connectivity index (χ3n) is 2.57. The van der Waals surface area contributed by atoms with E-state index in [9.17, 15) is 8.42 Å². The Morgan fingerprint density at radius 3 is 2.86 bits per heavy atom. The van der Waals surface area contributed by atoms with Crippen LogP contribution in [0.3, 0.4) is 0 Å². The van der Waals surface area contributed by atoms with Gasteiger partial charge >= 0.3 is 0 Å². The third-order valence-corrected chi connectivity index (χ3v) is 4.94. The second kappa shape index (κ2) is 6.83. The molecule has 0 radical (unpaired) electrons. The number of hydrogen-bond donors (Lipinski definition) is 2. The van der Waals surface area contributed by atoms with E-state index in [1.165, 1.54) is 18.5 Å². The van der Waals surface area contributed by atoms with Crippen LogP contribution in [0.2, 0.25) is 0 Å². The highest BCUT2D eigenvalue weighted by atomic mass is 32.2. The van der Waals surface area contributed by atoms with Crippen molar-refractivity contribution < 1.29 is 13.5 Å². The Labute approximate surface area is 127 Å². The molecule has 2 rings (SSSR count). The monoisotopic (exact) mass is 322 g/mol. The molecule has 0 saturated heterocycles. The van der Waals surface area contributed by atoms with Gasteiger partial charge in [-0.05, 0) is 25.1 Å². The Morgan fingerprint density at radius 1 is 1.38 bits per heavy atom. The van der Waals surface area contributed by atoms with Crippen LogP contribution in [0.25, 0.3) is 0 Å². The van der Waals surface area contributed by atoms with E-state index in [1.807, 2.05) is 19.1 Å². The van der Waals surface area contributed by atoms with Gasteiger partial charge in [-0.25, -0.2) is 13.1 Å². The van der Waals surface area contributed by atoms with E-state index in [1.54, 1.807) is 11.3 Å². The van der Waals surface area contributed by atoms with Crippen molar-refractivity contribution in [2.75, 3.05) is 6.61 Å². The second-order valence-electron chi connectivity index (χ2n) is 4.21. The molecule has 0 aromatic carbocycles. The van der Waals surface area contributed by atoms with Crippen molar-refractivity contribution in [1.82, 2.24) is 9.71 Å². The average Bonchev–Trinajstić information content (AvgIpc) is 2.89. The molecule has 0 unspecified atom stereocenters. The molecule has 0 aliphatic carbocycles. The normalized spacial score (nSPS) is 11.0. The van der Waals surface area contributed by atoms with Crippen molar-refractivity contribution in [2.45, 2.75) is 18.4 Å². The minimum atomic E-state index is -3.63. The molecule has 0 aliphatic rings. The van der Waals surface area contributed by atoms with Crippen molar-refractivity contribution in [1.29, 1.82) is 0 Å². The van der Waals surface area contributed by atoms with Gasteiger partial charge in [-0.3, -0.25) is 4.98 Å². The topological polar surface area (TPSA) is 79.3 Å². The first-order chi connectivity index (χ1) is 10.0. The number of thiophene rings is 1. The summed E-state index contributed by atoms with van der Waals surface area (Å²) in [7, 11) is -3.63. The number of nitrogens with one attached hydrogen (secondary N) is 1. The SMILES string of the molecule is Cc1ccc(CNS(=O)(=O)c2cncc(C#CCO)c2)s1. The van der Waals surface area contributed by atoms with E-state index < -0.39 is 10.0 Å². The Morgan fingerprint density at radius 2 is 2.19 bits per heavy atom. The van der Waals surface area contributed by atoms with Gasteiger partial charge in [0.15, 0.2) is 0 Å². The predicted molar refractivity (Wildman–Crippen MR) is 81.3 cm³/mol. The quantitative estimate of drug-likeness (QED) is 0.831. The maximum Gasteiger partial charge on any atom is 0.242 e. The van der Waals surface area contributed by atoms with Gasteiger partial charge in [-0.1, -0.05) is 11.8 Å². The van der Waals surface area contributed by atoms with Gasteiger partial charge in [0.2, 0.25) is 10.0 Å². The summed E-state index contributed by atoms with van der Waals surface area (Å²) in [5.41, 5.74) is 0.443. The number of pyridine rings is 1. The summed E-state index contributed by atoms with van der Waals surface area (Å²) >= 11 is 1.55. The summed E-state index contributed by atoms with van der Waals surface area (Å²) in [5, 5.41) is 8.65. The lowest BCUT2D eigenvalue weighted by Gasteiger charge is -2.05. The van der Waals surface area contributed by atoms with Gasteiger partial charge < -0.3 is 5.11 Å². The zero-order chi connectivity index (χ0) is 15.3. The largest absolute Gasteiger partial charge is 0.384 e. The van der Waals surface area contributed by atoms with E-state index in [2.05, 4.69) is 21.5 Å². The molecule has 0 spiro atoms. The lowest BCUT2D eigenvalue weighted by Crippen LogP contribution is -2.23. The number of hydrogen-bond acceptors (Lipinski definition) is 5. The Hall–Kier alpha value is -1.72. The molecular weight excluding hydrogens is 308 g/mol. The molecule has 0 atom stereocenters. The minimum Gasteiger partial charge on any atom is -0.384 e. The number of aryl methyl sites for hydroxylation is 1. The summed E-state index contributed by atoms with van der Waals surface area (Å²) in [4.78, 5) is 5.99. The van der Waals surface area contributed by atoms with E-state index >= 15 is 0 Å². The molecule has 21 heavy (non-hydrogen) atoms. The molecular formula is C14H14N2O3S2. The van der Waals surface area contributed by atoms with Crippen LogP contribution in [-0.2, 0) is 16.6 Å². The van der Waals surface area contributed by atoms with Crippen molar-refractivity contribution in [3.05, 3.63) is 45.9 Å². The highest BCUT2D eigenvalue weighted by molar-refractivity contribution is 7.89. The van der Waals surface area contributed by atoms with Crippen LogP contribution in [0.5, 0.6) is 0 Å². The Kier molecular flexibility index (Phi) is 5.09. The molecule has 5 nitrogen and oxygen atoms in total. The summed E-state index contributed by atoms with van der Waals surface area (Å²) in [6.07, 6.45) is 2.72. The van der Waals surface area contributed by atoms with Crippen molar-refractivity contribution in [3.8, 4) is 11.8 Å². The number of aromatic nitrogens is 1. The average molecular weight is 322 g/mol. The van der Waals surface area contributed by atoms with E-state index in [0.717, 1.165) is 9.75 Å². The summed E-state index contributed by atoms with van der Waals surface area (Å²) in [5.74, 6) is 5.09. The van der Waals surface area contributed by atoms with Crippen LogP contribution in [-0.4, -0.2) is 25.1 Å². The van der Waals surface area contributed by atoms with Crippen molar-refractivity contribution in [3.63, 3.8) is 0 Å². The fourth-order valence-corrected chi connectivity index (χ4v) is 3.52. The van der Waals surface area contributed by atoms with Crippen LogP contribution in [0.1, 0.15) is 15.3 Å².